The molecule has 7 heteroatoms. The summed E-state index contributed by atoms with van der Waals surface area (Å²) >= 11 is 0. The number of carboxylic acid groups (broad SMARTS) is 3. The summed E-state index contributed by atoms with van der Waals surface area (Å²) in [6.45, 7) is 0.789. The number of carbonyl (C=O) groups excluding carboxylic acids is 1. The minimum absolute atomic E-state index is 0.218. The van der Waals surface area contributed by atoms with Gasteiger partial charge in [-0.15, -0.1) is 0 Å². The molecule has 0 aromatic carbocycles. The Kier molecular flexibility index (Phi) is 15.9. The van der Waals surface area contributed by atoms with Crippen LogP contribution in [-0.4, -0.2) is 58.8 Å². The fourth-order valence-electron chi connectivity index (χ4n) is 3.59. The molecule has 2 N–H and O–H groups in total. The van der Waals surface area contributed by atoms with Crippen molar-refractivity contribution < 1.29 is 34.2 Å². The molecule has 0 aliphatic heterocycles. The van der Waals surface area contributed by atoms with Crippen molar-refractivity contribution in [2.45, 2.75) is 84.0 Å². The smallest absolute Gasteiger partial charge is 0.359 e. The van der Waals surface area contributed by atoms with Crippen LogP contribution in [0.1, 0.15) is 84.0 Å². The van der Waals surface area contributed by atoms with Gasteiger partial charge in [-0.3, -0.25) is 0 Å². The lowest BCUT2D eigenvalue weighted by molar-refractivity contribution is -0.909. The van der Waals surface area contributed by atoms with Crippen molar-refractivity contribution in [3.05, 3.63) is 12.2 Å². The molecule has 0 fully saturated rings. The van der Waals surface area contributed by atoms with Crippen molar-refractivity contribution in [2.75, 3.05) is 26.2 Å². The number of hydrogen-bond donors (Lipinski definition) is 2. The van der Waals surface area contributed by atoms with Gasteiger partial charge in [0.2, 0.25) is 0 Å². The van der Waals surface area contributed by atoms with Crippen LogP contribution in [0.5, 0.6) is 0 Å². The van der Waals surface area contributed by atoms with E-state index in [0.29, 0.717) is 6.42 Å². The van der Waals surface area contributed by atoms with Crippen LogP contribution >= 0.6 is 0 Å². The highest BCUT2D eigenvalue weighted by Gasteiger charge is 2.33. The molecule has 7 nitrogen and oxygen atoms in total. The number of nitrogens with zero attached hydrogens (tertiary/aromatic N) is 1. The highest BCUT2D eigenvalue weighted by molar-refractivity contribution is 5.72. The van der Waals surface area contributed by atoms with Crippen LogP contribution in [0.3, 0.4) is 0 Å². The topological polar surface area (TPSA) is 115 Å². The number of allylic oxidation sites excluding steroid dienone is 2. The van der Waals surface area contributed by atoms with Crippen LogP contribution in [-0.2, 0) is 14.4 Å². The number of hydrogen-bond acceptors (Lipinski definition) is 4. The third kappa shape index (κ3) is 16.7. The largest absolute Gasteiger partial charge is 0.544 e. The quantitative estimate of drug-likeness (QED) is 0.180. The molecule has 0 unspecified atom stereocenters. The first-order valence-electron chi connectivity index (χ1n) is 10.9. The molecular weight excluding hydrogens is 374 g/mol. The van der Waals surface area contributed by atoms with Crippen molar-refractivity contribution in [3.63, 3.8) is 0 Å². The summed E-state index contributed by atoms with van der Waals surface area (Å²) in [6, 6.07) is 0. The van der Waals surface area contributed by atoms with Gasteiger partial charge in [0, 0.05) is 0 Å². The molecule has 0 heterocycles. The molecule has 0 bridgehead atoms. The van der Waals surface area contributed by atoms with Crippen molar-refractivity contribution in [1.29, 1.82) is 0 Å². The zero-order valence-corrected chi connectivity index (χ0v) is 17.9. The second-order valence-corrected chi connectivity index (χ2v) is 7.93. The van der Waals surface area contributed by atoms with Crippen LogP contribution in [0.4, 0.5) is 0 Å². The number of carbonyl (C=O) groups is 3. The number of unbranched alkanes of at least 4 members (excludes halogenated alkanes) is 10. The van der Waals surface area contributed by atoms with Gasteiger partial charge in [-0.2, -0.15) is 0 Å². The lowest BCUT2D eigenvalue weighted by Crippen LogP contribution is -2.59. The lowest BCUT2D eigenvalue weighted by atomic mass is 10.1. The minimum Gasteiger partial charge on any atom is -0.544 e. The Hall–Kier alpha value is -1.89. The molecule has 0 spiro atoms. The van der Waals surface area contributed by atoms with E-state index in [9.17, 15) is 19.5 Å². The maximum absolute atomic E-state index is 11.1. The van der Waals surface area contributed by atoms with Crippen LogP contribution in [0.25, 0.3) is 0 Å². The summed E-state index contributed by atoms with van der Waals surface area (Å²) in [4.78, 5) is 33.2. The molecule has 0 aromatic rings. The summed E-state index contributed by atoms with van der Waals surface area (Å²) in [7, 11) is 0. The van der Waals surface area contributed by atoms with Gasteiger partial charge in [0.25, 0.3) is 0 Å². The Morgan fingerprint density at radius 2 is 1.17 bits per heavy atom. The van der Waals surface area contributed by atoms with E-state index in [0.717, 1.165) is 32.1 Å². The second kappa shape index (κ2) is 17.0. The molecule has 0 aromatic heterocycles. The van der Waals surface area contributed by atoms with Crippen LogP contribution < -0.4 is 5.11 Å². The fraction of sp³-hybridized carbons (Fsp3) is 0.773. The first kappa shape index (κ1) is 27.1. The van der Waals surface area contributed by atoms with E-state index >= 15 is 0 Å². The molecule has 0 radical (unpaired) electrons. The van der Waals surface area contributed by atoms with E-state index in [1.807, 2.05) is 0 Å². The molecule has 29 heavy (non-hydrogen) atoms. The van der Waals surface area contributed by atoms with E-state index in [1.165, 1.54) is 38.5 Å². The number of carboxylic acids is 3. The molecule has 0 atom stereocenters. The van der Waals surface area contributed by atoms with E-state index in [2.05, 4.69) is 19.1 Å². The van der Waals surface area contributed by atoms with Crippen LogP contribution in [0, 0.1) is 0 Å². The summed E-state index contributed by atoms with van der Waals surface area (Å²) in [5.41, 5.74) is 0. The average Bonchev–Trinajstić information content (AvgIpc) is 2.60. The molecule has 0 aliphatic carbocycles. The number of rotatable bonds is 20. The van der Waals surface area contributed by atoms with Gasteiger partial charge < -0.3 is 24.6 Å². The van der Waals surface area contributed by atoms with E-state index < -0.39 is 42.0 Å². The lowest BCUT2D eigenvalue weighted by Gasteiger charge is -2.36. The Morgan fingerprint density at radius 1 is 0.724 bits per heavy atom. The summed E-state index contributed by atoms with van der Waals surface area (Å²) in [5.74, 6) is -3.83. The third-order valence-corrected chi connectivity index (χ3v) is 5.05. The normalized spacial score (nSPS) is 11.8. The summed E-state index contributed by atoms with van der Waals surface area (Å²) in [6.07, 6.45) is 17.7. The van der Waals surface area contributed by atoms with Gasteiger partial charge in [0.05, 0.1) is 12.5 Å². The van der Waals surface area contributed by atoms with Gasteiger partial charge in [0.15, 0.2) is 13.1 Å². The maximum Gasteiger partial charge on any atom is 0.359 e. The molecule has 0 saturated carbocycles. The first-order chi connectivity index (χ1) is 13.8. The van der Waals surface area contributed by atoms with Crippen molar-refractivity contribution in [2.24, 2.45) is 0 Å². The van der Waals surface area contributed by atoms with E-state index in [1.54, 1.807) is 0 Å². The average molecular weight is 414 g/mol. The van der Waals surface area contributed by atoms with Gasteiger partial charge in [-0.25, -0.2) is 9.59 Å². The maximum atomic E-state index is 11.1. The fourth-order valence-corrected chi connectivity index (χ4v) is 3.59. The second-order valence-electron chi connectivity index (χ2n) is 7.93. The predicted molar refractivity (Wildman–Crippen MR) is 110 cm³/mol. The standard InChI is InChI=1S/C22H39NO6/c1-2-3-4-5-6-7-8-9-10-11-12-13-14-15-16-23(17-20(24)25,18-21(26)27)19-22(28)29/h6-7H,2-5,8-19H2,1H3,(H2-,24,25,26,27,28,29)/b7-6+. The van der Waals surface area contributed by atoms with Crippen LogP contribution in [0.15, 0.2) is 12.2 Å². The molecule has 168 valence electrons. The summed E-state index contributed by atoms with van der Waals surface area (Å²) in [5, 5.41) is 29.1. The third-order valence-electron chi connectivity index (χ3n) is 5.05. The molecule has 0 rings (SSSR count). The highest BCUT2D eigenvalue weighted by Crippen LogP contribution is 2.14. The van der Waals surface area contributed by atoms with E-state index in [-0.39, 0.29) is 6.54 Å². The van der Waals surface area contributed by atoms with Gasteiger partial charge >= 0.3 is 11.9 Å². The molecular formula is C22H39NO6. The number of quaternary nitrogens is 1. The Labute approximate surface area is 175 Å². The Morgan fingerprint density at radius 3 is 1.62 bits per heavy atom. The molecule has 0 aliphatic rings. The molecule has 0 saturated heterocycles. The van der Waals surface area contributed by atoms with E-state index in [4.69, 9.17) is 10.2 Å². The van der Waals surface area contributed by atoms with Gasteiger partial charge in [-0.1, -0.05) is 57.6 Å². The zero-order chi connectivity index (χ0) is 22.0. The Balaban J connectivity index is 4.01. The van der Waals surface area contributed by atoms with Crippen molar-refractivity contribution >= 4 is 17.9 Å². The zero-order valence-electron chi connectivity index (χ0n) is 17.9. The van der Waals surface area contributed by atoms with Gasteiger partial charge in [-0.05, 0) is 38.5 Å². The summed E-state index contributed by atoms with van der Waals surface area (Å²) < 4.78 is -0.502. The predicted octanol–water partition coefficient (Wildman–Crippen LogP) is 2.98. The van der Waals surface area contributed by atoms with Crippen molar-refractivity contribution in [1.82, 2.24) is 0 Å². The minimum atomic E-state index is -1.42. The van der Waals surface area contributed by atoms with Gasteiger partial charge in [0.1, 0.15) is 6.54 Å². The first-order valence-corrected chi connectivity index (χ1v) is 10.9. The highest BCUT2D eigenvalue weighted by atomic mass is 16.4. The number of aliphatic carboxylic acids is 3. The Bertz CT molecular complexity index is 463. The van der Waals surface area contributed by atoms with Crippen molar-refractivity contribution in [3.8, 4) is 0 Å². The molecule has 0 amide bonds. The SMILES string of the molecule is CCCCC/C=C/CCCCCCCCC[N+](CC(=O)[O-])(CC(=O)O)CC(=O)O. The monoisotopic (exact) mass is 413 g/mol. The van der Waals surface area contributed by atoms with Crippen LogP contribution in [0.2, 0.25) is 0 Å².